The second kappa shape index (κ2) is 8.98. The summed E-state index contributed by atoms with van der Waals surface area (Å²) in [4.78, 5) is 11.4. The van der Waals surface area contributed by atoms with Crippen LogP contribution in [0.15, 0.2) is 24.3 Å². The van der Waals surface area contributed by atoms with Gasteiger partial charge in [0.05, 0.1) is 13.0 Å². The van der Waals surface area contributed by atoms with Gasteiger partial charge in [-0.25, -0.2) is 0 Å². The van der Waals surface area contributed by atoms with Gasteiger partial charge in [-0.2, -0.15) is 0 Å². The average molecular weight is 259 g/mol. The predicted octanol–water partition coefficient (Wildman–Crippen LogP) is 1.80. The lowest BCUT2D eigenvalue weighted by Gasteiger charge is -2.07. The fraction of sp³-hybridized carbons (Fsp3) is 0.417. The summed E-state index contributed by atoms with van der Waals surface area (Å²) in [5.74, 6) is -0.0246. The summed E-state index contributed by atoms with van der Waals surface area (Å²) in [6.07, 6.45) is 0.382. The second-order valence-electron chi connectivity index (χ2n) is 3.52. The van der Waals surface area contributed by atoms with Crippen LogP contribution in [-0.2, 0) is 16.1 Å². The molecule has 0 aliphatic carbocycles. The number of amides is 1. The molecule has 0 spiro atoms. The first-order valence-corrected chi connectivity index (χ1v) is 5.28. The number of ether oxygens (including phenoxy) is 1. The minimum absolute atomic E-state index is 0. The monoisotopic (exact) mass is 258 g/mol. The number of benzene rings is 1. The molecule has 0 radical (unpaired) electrons. The van der Waals surface area contributed by atoms with Crippen molar-refractivity contribution in [2.45, 2.75) is 13.0 Å². The summed E-state index contributed by atoms with van der Waals surface area (Å²) in [5, 5.41) is 5.89. The number of methoxy groups -OCH3 is 1. The molecule has 2 N–H and O–H groups in total. The zero-order chi connectivity index (χ0) is 11.8. The summed E-state index contributed by atoms with van der Waals surface area (Å²) in [6.45, 7) is 1.24. The van der Waals surface area contributed by atoms with E-state index < -0.39 is 0 Å². The Bertz CT molecular complexity index is 345. The molecule has 0 aliphatic rings. The lowest BCUT2D eigenvalue weighted by molar-refractivity contribution is -0.117. The first-order chi connectivity index (χ1) is 7.76. The molecule has 0 saturated carbocycles. The van der Waals surface area contributed by atoms with E-state index in [4.69, 9.17) is 4.74 Å². The summed E-state index contributed by atoms with van der Waals surface area (Å²) in [5.41, 5.74) is 1.97. The molecule has 17 heavy (non-hydrogen) atoms. The molecule has 4 nitrogen and oxygen atoms in total. The molecule has 1 aromatic rings. The zero-order valence-corrected chi connectivity index (χ0v) is 11.0. The van der Waals surface area contributed by atoms with E-state index in [-0.39, 0.29) is 18.3 Å². The SMILES string of the molecule is CNCc1cccc(NC(=O)CCOC)c1.Cl. The van der Waals surface area contributed by atoms with Crippen LogP contribution in [0.3, 0.4) is 0 Å². The largest absolute Gasteiger partial charge is 0.384 e. The van der Waals surface area contributed by atoms with Gasteiger partial charge in [0, 0.05) is 19.3 Å². The van der Waals surface area contributed by atoms with Crippen LogP contribution >= 0.6 is 12.4 Å². The zero-order valence-electron chi connectivity index (χ0n) is 10.2. The molecule has 0 fully saturated rings. The van der Waals surface area contributed by atoms with Gasteiger partial charge in [-0.1, -0.05) is 12.1 Å². The first kappa shape index (κ1) is 15.9. The highest BCUT2D eigenvalue weighted by molar-refractivity contribution is 5.90. The topological polar surface area (TPSA) is 50.4 Å². The second-order valence-corrected chi connectivity index (χ2v) is 3.52. The Labute approximate surface area is 108 Å². The van der Waals surface area contributed by atoms with Crippen molar-refractivity contribution in [3.8, 4) is 0 Å². The Morgan fingerprint density at radius 2 is 2.18 bits per heavy atom. The number of rotatable bonds is 6. The molecule has 96 valence electrons. The fourth-order valence-corrected chi connectivity index (χ4v) is 1.38. The van der Waals surface area contributed by atoms with Gasteiger partial charge in [0.15, 0.2) is 0 Å². The standard InChI is InChI=1S/C12H18N2O2.ClH/c1-13-9-10-4-3-5-11(8-10)14-12(15)6-7-16-2;/h3-5,8,13H,6-7,9H2,1-2H3,(H,14,15);1H. The van der Waals surface area contributed by atoms with E-state index in [9.17, 15) is 4.79 Å². The first-order valence-electron chi connectivity index (χ1n) is 5.28. The fourth-order valence-electron chi connectivity index (χ4n) is 1.38. The van der Waals surface area contributed by atoms with Crippen LogP contribution in [0.4, 0.5) is 5.69 Å². The van der Waals surface area contributed by atoms with Gasteiger partial charge in [-0.05, 0) is 24.7 Å². The maximum absolute atomic E-state index is 11.4. The van der Waals surface area contributed by atoms with Crippen molar-refractivity contribution in [2.24, 2.45) is 0 Å². The van der Waals surface area contributed by atoms with Crippen LogP contribution in [0.2, 0.25) is 0 Å². The smallest absolute Gasteiger partial charge is 0.226 e. The van der Waals surface area contributed by atoms with E-state index >= 15 is 0 Å². The van der Waals surface area contributed by atoms with Crippen LogP contribution in [0, 0.1) is 0 Å². The van der Waals surface area contributed by atoms with E-state index in [1.54, 1.807) is 7.11 Å². The van der Waals surface area contributed by atoms with Crippen molar-refractivity contribution in [2.75, 3.05) is 26.1 Å². The Kier molecular flexibility index (Phi) is 8.40. The number of hydrogen-bond donors (Lipinski definition) is 2. The van der Waals surface area contributed by atoms with Crippen molar-refractivity contribution in [1.82, 2.24) is 5.32 Å². The van der Waals surface area contributed by atoms with Gasteiger partial charge < -0.3 is 15.4 Å². The molecule has 0 aliphatic heterocycles. The van der Waals surface area contributed by atoms with Crippen LogP contribution in [0.25, 0.3) is 0 Å². The van der Waals surface area contributed by atoms with Crippen LogP contribution < -0.4 is 10.6 Å². The Morgan fingerprint density at radius 3 is 2.82 bits per heavy atom. The Balaban J connectivity index is 0.00000256. The summed E-state index contributed by atoms with van der Waals surface area (Å²) in [6, 6.07) is 7.78. The van der Waals surface area contributed by atoms with Crippen molar-refractivity contribution in [1.29, 1.82) is 0 Å². The Hall–Kier alpha value is -1.10. The lowest BCUT2D eigenvalue weighted by Crippen LogP contribution is -2.14. The number of hydrogen-bond acceptors (Lipinski definition) is 3. The molecule has 0 bridgehead atoms. The van der Waals surface area contributed by atoms with Crippen molar-refractivity contribution < 1.29 is 9.53 Å². The van der Waals surface area contributed by atoms with E-state index in [2.05, 4.69) is 10.6 Å². The highest BCUT2D eigenvalue weighted by Crippen LogP contribution is 2.10. The normalized spacial score (nSPS) is 9.53. The predicted molar refractivity (Wildman–Crippen MR) is 71.6 cm³/mol. The lowest BCUT2D eigenvalue weighted by atomic mass is 10.2. The van der Waals surface area contributed by atoms with Gasteiger partial charge in [-0.3, -0.25) is 4.79 Å². The third-order valence-corrected chi connectivity index (χ3v) is 2.12. The molecule has 0 heterocycles. The number of halogens is 1. The molecule has 0 saturated heterocycles. The maximum atomic E-state index is 11.4. The third kappa shape index (κ3) is 6.26. The molecular weight excluding hydrogens is 240 g/mol. The van der Waals surface area contributed by atoms with Gasteiger partial charge in [0.2, 0.25) is 5.91 Å². The molecular formula is C12H19ClN2O2. The molecule has 0 atom stereocenters. The van der Waals surface area contributed by atoms with Crippen molar-refractivity contribution >= 4 is 24.0 Å². The highest BCUT2D eigenvalue weighted by atomic mass is 35.5. The molecule has 1 amide bonds. The molecule has 1 aromatic carbocycles. The molecule has 0 unspecified atom stereocenters. The van der Waals surface area contributed by atoms with Crippen molar-refractivity contribution in [3.05, 3.63) is 29.8 Å². The molecule has 1 rings (SSSR count). The maximum Gasteiger partial charge on any atom is 0.226 e. The average Bonchev–Trinajstić information content (AvgIpc) is 2.27. The minimum Gasteiger partial charge on any atom is -0.384 e. The number of nitrogens with one attached hydrogen (secondary N) is 2. The van der Waals surface area contributed by atoms with Crippen LogP contribution in [0.5, 0.6) is 0 Å². The highest BCUT2D eigenvalue weighted by Gasteiger charge is 2.02. The summed E-state index contributed by atoms with van der Waals surface area (Å²) < 4.78 is 4.84. The van der Waals surface area contributed by atoms with E-state index in [1.807, 2.05) is 31.3 Å². The summed E-state index contributed by atoms with van der Waals surface area (Å²) >= 11 is 0. The quantitative estimate of drug-likeness (QED) is 0.818. The van der Waals surface area contributed by atoms with Gasteiger partial charge >= 0.3 is 0 Å². The van der Waals surface area contributed by atoms with Crippen LogP contribution in [-0.4, -0.2) is 26.7 Å². The molecule has 0 aromatic heterocycles. The van der Waals surface area contributed by atoms with E-state index in [1.165, 1.54) is 0 Å². The van der Waals surface area contributed by atoms with Gasteiger partial charge in [0.1, 0.15) is 0 Å². The summed E-state index contributed by atoms with van der Waals surface area (Å²) in [7, 11) is 3.48. The van der Waals surface area contributed by atoms with E-state index in [0.29, 0.717) is 13.0 Å². The number of anilines is 1. The Morgan fingerprint density at radius 1 is 1.41 bits per heavy atom. The van der Waals surface area contributed by atoms with Gasteiger partial charge in [0.25, 0.3) is 0 Å². The molecule has 5 heteroatoms. The van der Waals surface area contributed by atoms with Gasteiger partial charge in [-0.15, -0.1) is 12.4 Å². The third-order valence-electron chi connectivity index (χ3n) is 2.12. The van der Waals surface area contributed by atoms with Crippen molar-refractivity contribution in [3.63, 3.8) is 0 Å². The van der Waals surface area contributed by atoms with E-state index in [0.717, 1.165) is 17.8 Å². The number of carbonyl (C=O) groups is 1. The minimum atomic E-state index is -0.0246. The van der Waals surface area contributed by atoms with Crippen LogP contribution in [0.1, 0.15) is 12.0 Å². The number of carbonyl (C=O) groups excluding carboxylic acids is 1.